The minimum absolute atomic E-state index is 0.213. The lowest BCUT2D eigenvalue weighted by Crippen LogP contribution is -2.39. The third-order valence-corrected chi connectivity index (χ3v) is 8.15. The monoisotopic (exact) mass is 577 g/mol. The van der Waals surface area contributed by atoms with E-state index < -0.39 is 12.0 Å². The lowest BCUT2D eigenvalue weighted by atomic mass is 9.93. The number of carbonyl (C=O) groups is 1. The number of benzene rings is 3. The molecule has 0 fully saturated rings. The Bertz CT molecular complexity index is 1890. The topological polar surface area (TPSA) is 93.7 Å². The zero-order chi connectivity index (χ0) is 29.8. The van der Waals surface area contributed by atoms with Gasteiger partial charge in [-0.1, -0.05) is 85.8 Å². The molecule has 0 saturated heterocycles. The number of carbonyl (C=O) groups excluding carboxylic acids is 1. The van der Waals surface area contributed by atoms with E-state index in [4.69, 9.17) is 9.47 Å². The SMILES string of the molecule is CCOC(=O)C1=C(C)N=c2s/c(=C\c3ccccc3OCc3ccccc3C#N)c(=O)n2[C@H]1c1ccc(C(C)C)cc1. The molecule has 0 unspecified atom stereocenters. The van der Waals surface area contributed by atoms with Crippen LogP contribution in [0.15, 0.2) is 93.9 Å². The molecule has 8 heteroatoms. The van der Waals surface area contributed by atoms with Gasteiger partial charge in [-0.3, -0.25) is 9.36 Å². The average molecular weight is 578 g/mol. The van der Waals surface area contributed by atoms with Crippen LogP contribution in [0.5, 0.6) is 5.75 Å². The van der Waals surface area contributed by atoms with Crippen LogP contribution in [0.4, 0.5) is 0 Å². The average Bonchev–Trinajstić information content (AvgIpc) is 3.30. The van der Waals surface area contributed by atoms with Gasteiger partial charge < -0.3 is 9.47 Å². The van der Waals surface area contributed by atoms with Gasteiger partial charge >= 0.3 is 5.97 Å². The third-order valence-electron chi connectivity index (χ3n) is 7.16. The first-order valence-electron chi connectivity index (χ1n) is 13.8. The summed E-state index contributed by atoms with van der Waals surface area (Å²) in [4.78, 5) is 32.4. The summed E-state index contributed by atoms with van der Waals surface area (Å²) in [6, 6.07) is 24.3. The van der Waals surface area contributed by atoms with Crippen LogP contribution < -0.4 is 19.6 Å². The molecule has 5 rings (SSSR count). The molecule has 0 saturated carbocycles. The first-order chi connectivity index (χ1) is 20.3. The molecule has 0 aliphatic carbocycles. The number of thiazole rings is 1. The van der Waals surface area contributed by atoms with Crippen molar-refractivity contribution in [1.29, 1.82) is 5.26 Å². The summed E-state index contributed by atoms with van der Waals surface area (Å²) in [5.74, 6) is 0.446. The summed E-state index contributed by atoms with van der Waals surface area (Å²) < 4.78 is 13.6. The lowest BCUT2D eigenvalue weighted by molar-refractivity contribution is -0.139. The molecule has 1 atom stereocenters. The number of hydrogen-bond acceptors (Lipinski definition) is 7. The van der Waals surface area contributed by atoms with Crippen LogP contribution >= 0.6 is 11.3 Å². The summed E-state index contributed by atoms with van der Waals surface area (Å²) in [7, 11) is 0. The lowest BCUT2D eigenvalue weighted by Gasteiger charge is -2.25. The van der Waals surface area contributed by atoms with E-state index in [-0.39, 0.29) is 18.8 Å². The Kier molecular flexibility index (Phi) is 8.51. The van der Waals surface area contributed by atoms with E-state index in [1.165, 1.54) is 16.9 Å². The largest absolute Gasteiger partial charge is 0.488 e. The van der Waals surface area contributed by atoms with Crippen LogP contribution in [0.2, 0.25) is 0 Å². The van der Waals surface area contributed by atoms with Gasteiger partial charge in [-0.25, -0.2) is 9.79 Å². The van der Waals surface area contributed by atoms with E-state index in [1.807, 2.05) is 66.7 Å². The zero-order valence-electron chi connectivity index (χ0n) is 24.0. The number of ether oxygens (including phenoxy) is 2. The highest BCUT2D eigenvalue weighted by atomic mass is 32.1. The molecule has 42 heavy (non-hydrogen) atoms. The Labute approximate surface area is 248 Å². The first-order valence-corrected chi connectivity index (χ1v) is 14.6. The molecule has 0 N–H and O–H groups in total. The van der Waals surface area contributed by atoms with Crippen molar-refractivity contribution in [3.8, 4) is 11.8 Å². The first kappa shape index (κ1) is 28.8. The molecule has 1 aliphatic heterocycles. The third kappa shape index (κ3) is 5.69. The Hall–Kier alpha value is -4.74. The van der Waals surface area contributed by atoms with Crippen molar-refractivity contribution in [2.24, 2.45) is 4.99 Å². The van der Waals surface area contributed by atoms with Gasteiger partial charge in [-0.2, -0.15) is 5.26 Å². The van der Waals surface area contributed by atoms with Crippen LogP contribution in [0.25, 0.3) is 6.08 Å². The number of esters is 1. The number of para-hydroxylation sites is 1. The fourth-order valence-electron chi connectivity index (χ4n) is 4.95. The van der Waals surface area contributed by atoms with E-state index in [0.717, 1.165) is 16.7 Å². The number of rotatable bonds is 8. The van der Waals surface area contributed by atoms with Crippen molar-refractivity contribution in [1.82, 2.24) is 4.57 Å². The molecule has 7 nitrogen and oxygen atoms in total. The Morgan fingerprint density at radius 3 is 2.52 bits per heavy atom. The molecule has 0 radical (unpaired) electrons. The molecule has 0 amide bonds. The number of fused-ring (bicyclic) bond motifs is 1. The highest BCUT2D eigenvalue weighted by molar-refractivity contribution is 7.07. The molecule has 212 valence electrons. The Morgan fingerprint density at radius 1 is 1.10 bits per heavy atom. The molecule has 0 spiro atoms. The zero-order valence-corrected chi connectivity index (χ0v) is 24.8. The fraction of sp³-hybridized carbons (Fsp3) is 0.235. The standard InChI is InChI=1S/C34H31N3O4S/c1-5-40-33(39)30-22(4)36-34-37(31(30)24-16-14-23(15-17-24)21(2)3)32(38)29(42-34)18-25-10-8-9-13-28(25)41-20-27-12-7-6-11-26(27)19-35/h6-18,21,31H,5,20H2,1-4H3/b29-18-/t31-/m0/s1. The van der Waals surface area contributed by atoms with Crippen LogP contribution in [0, 0.1) is 11.3 Å². The highest BCUT2D eigenvalue weighted by Crippen LogP contribution is 2.31. The number of hydrogen-bond donors (Lipinski definition) is 0. The number of aromatic nitrogens is 1. The molecular formula is C34H31N3O4S. The molecular weight excluding hydrogens is 546 g/mol. The molecule has 4 aromatic rings. The second kappa shape index (κ2) is 12.4. The Balaban J connectivity index is 1.60. The number of allylic oxidation sites excluding steroid dienone is 1. The van der Waals surface area contributed by atoms with Gasteiger partial charge in [0.2, 0.25) is 0 Å². The second-order valence-electron chi connectivity index (χ2n) is 10.2. The Morgan fingerprint density at radius 2 is 1.81 bits per heavy atom. The minimum Gasteiger partial charge on any atom is -0.488 e. The van der Waals surface area contributed by atoms with Gasteiger partial charge in [0.25, 0.3) is 5.56 Å². The van der Waals surface area contributed by atoms with Gasteiger partial charge in [0.05, 0.1) is 40.1 Å². The van der Waals surface area contributed by atoms with E-state index >= 15 is 0 Å². The maximum atomic E-state index is 14.0. The van der Waals surface area contributed by atoms with Crippen LogP contribution in [0.3, 0.4) is 0 Å². The van der Waals surface area contributed by atoms with Crippen molar-refractivity contribution in [3.05, 3.63) is 132 Å². The molecule has 1 aliphatic rings. The van der Waals surface area contributed by atoms with Gasteiger partial charge in [0.1, 0.15) is 12.4 Å². The maximum absolute atomic E-state index is 14.0. The predicted octanol–water partition coefficient (Wildman–Crippen LogP) is 5.37. The molecule has 1 aromatic heterocycles. The van der Waals surface area contributed by atoms with Crippen LogP contribution in [-0.2, 0) is 16.1 Å². The van der Waals surface area contributed by atoms with E-state index in [2.05, 4.69) is 24.9 Å². The fourth-order valence-corrected chi connectivity index (χ4v) is 5.99. The second-order valence-corrected chi connectivity index (χ2v) is 11.2. The number of nitrogens with zero attached hydrogens (tertiary/aromatic N) is 3. The van der Waals surface area contributed by atoms with Crippen molar-refractivity contribution < 1.29 is 14.3 Å². The summed E-state index contributed by atoms with van der Waals surface area (Å²) in [6.45, 7) is 8.21. The number of nitriles is 1. The van der Waals surface area contributed by atoms with Crippen LogP contribution in [0.1, 0.15) is 67.5 Å². The quantitative estimate of drug-likeness (QED) is 0.263. The highest BCUT2D eigenvalue weighted by Gasteiger charge is 2.33. The van der Waals surface area contributed by atoms with Crippen molar-refractivity contribution >= 4 is 23.4 Å². The molecule has 0 bridgehead atoms. The molecule has 2 heterocycles. The maximum Gasteiger partial charge on any atom is 0.338 e. The summed E-state index contributed by atoms with van der Waals surface area (Å²) in [5, 5.41) is 9.43. The summed E-state index contributed by atoms with van der Waals surface area (Å²) >= 11 is 1.27. The van der Waals surface area contributed by atoms with Gasteiger partial charge in [-0.15, -0.1) is 0 Å². The van der Waals surface area contributed by atoms with E-state index in [1.54, 1.807) is 30.6 Å². The van der Waals surface area contributed by atoms with Crippen molar-refractivity contribution in [2.75, 3.05) is 6.61 Å². The van der Waals surface area contributed by atoms with E-state index in [9.17, 15) is 14.9 Å². The van der Waals surface area contributed by atoms with Gasteiger partial charge in [0, 0.05) is 11.1 Å². The van der Waals surface area contributed by atoms with Crippen molar-refractivity contribution in [2.45, 2.75) is 46.3 Å². The van der Waals surface area contributed by atoms with Gasteiger partial charge in [-0.05, 0) is 49.1 Å². The van der Waals surface area contributed by atoms with E-state index in [0.29, 0.717) is 37.8 Å². The molecule has 3 aromatic carbocycles. The van der Waals surface area contributed by atoms with Gasteiger partial charge in [0.15, 0.2) is 4.80 Å². The van der Waals surface area contributed by atoms with Crippen molar-refractivity contribution in [3.63, 3.8) is 0 Å². The normalized spacial score (nSPS) is 14.8. The predicted molar refractivity (Wildman–Crippen MR) is 163 cm³/mol. The summed E-state index contributed by atoms with van der Waals surface area (Å²) in [6.07, 6.45) is 1.79. The minimum atomic E-state index is -0.669. The smallest absolute Gasteiger partial charge is 0.338 e. The van der Waals surface area contributed by atoms with Crippen LogP contribution in [-0.4, -0.2) is 17.1 Å². The summed E-state index contributed by atoms with van der Waals surface area (Å²) in [5.41, 5.74) is 4.65.